The normalized spacial score (nSPS) is 31.7. The van der Waals surface area contributed by atoms with Gasteiger partial charge in [-0.25, -0.2) is 0 Å². The molecule has 0 saturated carbocycles. The number of aliphatic hydroxyl groups is 2. The zero-order valence-corrected chi connectivity index (χ0v) is 12.5. The molecule has 6 heteroatoms. The molecule has 2 fully saturated rings. The maximum Gasteiger partial charge on any atom is 0.130 e. The zero-order chi connectivity index (χ0) is 13.7. The highest BCUT2D eigenvalue weighted by Crippen LogP contribution is 2.28. The topological polar surface area (TPSA) is 56.2 Å². The van der Waals surface area contributed by atoms with Gasteiger partial charge in [-0.3, -0.25) is 9.74 Å². The summed E-state index contributed by atoms with van der Waals surface area (Å²) in [7, 11) is 0. The van der Waals surface area contributed by atoms with Crippen molar-refractivity contribution in [1.82, 2.24) is 9.96 Å². The Morgan fingerprint density at radius 2 is 2.26 bits per heavy atom. The van der Waals surface area contributed by atoms with Gasteiger partial charge in [0.05, 0.1) is 12.6 Å². The van der Waals surface area contributed by atoms with E-state index in [1.54, 1.807) is 5.06 Å². The van der Waals surface area contributed by atoms with Crippen molar-refractivity contribution in [1.29, 1.82) is 0 Å². The Bertz CT molecular complexity index is 264. The average Bonchev–Trinajstić information content (AvgIpc) is 2.94. The van der Waals surface area contributed by atoms with Crippen molar-refractivity contribution in [2.45, 2.75) is 57.5 Å². The van der Waals surface area contributed by atoms with E-state index < -0.39 is 12.5 Å². The molecular formula is C13H26N2O3S. The van der Waals surface area contributed by atoms with Crippen LogP contribution in [-0.4, -0.2) is 63.5 Å². The highest BCUT2D eigenvalue weighted by atomic mass is 32.2. The monoisotopic (exact) mass is 290 g/mol. The minimum absolute atomic E-state index is 0.112. The SMILES string of the molecule is CCCCON1[C@H](O)CCC[C@@H]1C(O)N1CCSC1. The molecule has 2 saturated heterocycles. The van der Waals surface area contributed by atoms with Gasteiger partial charge >= 0.3 is 0 Å². The minimum Gasteiger partial charge on any atom is -0.377 e. The Morgan fingerprint density at radius 3 is 2.95 bits per heavy atom. The Morgan fingerprint density at radius 1 is 1.42 bits per heavy atom. The van der Waals surface area contributed by atoms with Gasteiger partial charge in [0, 0.05) is 18.2 Å². The van der Waals surface area contributed by atoms with Gasteiger partial charge in [-0.05, 0) is 25.7 Å². The van der Waals surface area contributed by atoms with Crippen molar-refractivity contribution in [2.24, 2.45) is 0 Å². The summed E-state index contributed by atoms with van der Waals surface area (Å²) in [6.45, 7) is 3.65. The fraction of sp³-hybridized carbons (Fsp3) is 1.00. The summed E-state index contributed by atoms with van der Waals surface area (Å²) in [5, 5.41) is 22.2. The van der Waals surface area contributed by atoms with Crippen LogP contribution >= 0.6 is 11.8 Å². The van der Waals surface area contributed by atoms with Gasteiger partial charge in [0.2, 0.25) is 0 Å². The maximum absolute atomic E-state index is 10.5. The molecule has 2 rings (SSSR count). The Kier molecular flexibility index (Phi) is 6.38. The lowest BCUT2D eigenvalue weighted by molar-refractivity contribution is -0.297. The summed E-state index contributed by atoms with van der Waals surface area (Å²) in [6, 6.07) is -0.112. The fourth-order valence-electron chi connectivity index (χ4n) is 2.64. The predicted octanol–water partition coefficient (Wildman–Crippen LogP) is 1.22. The standard InChI is InChI=1S/C13H26N2O3S/c1-2-3-8-18-15-11(5-4-6-12(15)16)13(17)14-7-9-19-10-14/h11-13,16-17H,2-10H2,1H3/t11-,12-,13?/m1/s1. The average molecular weight is 290 g/mol. The van der Waals surface area contributed by atoms with Crippen LogP contribution in [0.5, 0.6) is 0 Å². The number of hydroxylamine groups is 2. The van der Waals surface area contributed by atoms with Crippen LogP contribution in [0.25, 0.3) is 0 Å². The molecule has 0 aromatic heterocycles. The second-order valence-corrected chi connectivity index (χ2v) is 6.36. The maximum atomic E-state index is 10.5. The molecule has 0 amide bonds. The smallest absolute Gasteiger partial charge is 0.130 e. The van der Waals surface area contributed by atoms with Gasteiger partial charge in [0.25, 0.3) is 0 Å². The molecule has 1 unspecified atom stereocenters. The first-order valence-electron chi connectivity index (χ1n) is 7.33. The molecule has 0 radical (unpaired) electrons. The number of hydrogen-bond acceptors (Lipinski definition) is 6. The summed E-state index contributed by atoms with van der Waals surface area (Å²) in [6.07, 6.45) is 3.48. The quantitative estimate of drug-likeness (QED) is 0.717. The lowest BCUT2D eigenvalue weighted by atomic mass is 10.0. The van der Waals surface area contributed by atoms with Crippen LogP contribution in [0.15, 0.2) is 0 Å². The first-order valence-corrected chi connectivity index (χ1v) is 8.48. The molecular weight excluding hydrogens is 264 g/mol. The van der Waals surface area contributed by atoms with Gasteiger partial charge < -0.3 is 10.2 Å². The summed E-state index contributed by atoms with van der Waals surface area (Å²) >= 11 is 1.84. The van der Waals surface area contributed by atoms with Crippen molar-refractivity contribution < 1.29 is 15.1 Å². The second kappa shape index (κ2) is 7.81. The van der Waals surface area contributed by atoms with Crippen LogP contribution in [0.2, 0.25) is 0 Å². The summed E-state index contributed by atoms with van der Waals surface area (Å²) in [5.41, 5.74) is 0. The first kappa shape index (κ1) is 15.5. The molecule has 3 atom stereocenters. The first-order chi connectivity index (χ1) is 9.24. The minimum atomic E-state index is -0.583. The molecule has 5 nitrogen and oxygen atoms in total. The number of piperidine rings is 1. The van der Waals surface area contributed by atoms with Crippen molar-refractivity contribution in [3.8, 4) is 0 Å². The predicted molar refractivity (Wildman–Crippen MR) is 76.4 cm³/mol. The molecule has 19 heavy (non-hydrogen) atoms. The van der Waals surface area contributed by atoms with Gasteiger partial charge in [-0.15, -0.1) is 11.8 Å². The van der Waals surface area contributed by atoms with E-state index in [0.717, 1.165) is 50.3 Å². The Balaban J connectivity index is 1.93. The molecule has 112 valence electrons. The van der Waals surface area contributed by atoms with E-state index in [1.165, 1.54) is 0 Å². The number of unbranched alkanes of at least 4 members (excludes halogenated alkanes) is 1. The fourth-order valence-corrected chi connectivity index (χ4v) is 3.65. The van der Waals surface area contributed by atoms with Crippen LogP contribution in [0, 0.1) is 0 Å². The van der Waals surface area contributed by atoms with Crippen LogP contribution in [0.1, 0.15) is 39.0 Å². The molecule has 2 aliphatic heterocycles. The number of thioether (sulfide) groups is 1. The van der Waals surface area contributed by atoms with E-state index in [4.69, 9.17) is 4.84 Å². The molecule has 2 aliphatic rings. The van der Waals surface area contributed by atoms with Crippen molar-refractivity contribution in [3.05, 3.63) is 0 Å². The third-order valence-electron chi connectivity index (χ3n) is 3.82. The Hall–Kier alpha value is 0.150. The molecule has 2 N–H and O–H groups in total. The van der Waals surface area contributed by atoms with E-state index in [0.29, 0.717) is 6.61 Å². The van der Waals surface area contributed by atoms with E-state index in [9.17, 15) is 10.2 Å². The van der Waals surface area contributed by atoms with Crippen LogP contribution in [0.4, 0.5) is 0 Å². The van der Waals surface area contributed by atoms with Crippen molar-refractivity contribution >= 4 is 11.8 Å². The van der Waals surface area contributed by atoms with E-state index in [-0.39, 0.29) is 6.04 Å². The molecule has 0 aromatic rings. The molecule has 2 heterocycles. The summed E-state index contributed by atoms with van der Waals surface area (Å²) in [4.78, 5) is 7.79. The number of nitrogens with zero attached hydrogens (tertiary/aromatic N) is 2. The van der Waals surface area contributed by atoms with Gasteiger partial charge in [0.15, 0.2) is 0 Å². The van der Waals surface area contributed by atoms with Crippen LogP contribution in [-0.2, 0) is 4.84 Å². The van der Waals surface area contributed by atoms with Gasteiger partial charge in [0.1, 0.15) is 12.5 Å². The van der Waals surface area contributed by atoms with E-state index in [1.807, 2.05) is 11.8 Å². The number of rotatable bonds is 6. The van der Waals surface area contributed by atoms with Crippen molar-refractivity contribution in [3.63, 3.8) is 0 Å². The summed E-state index contributed by atoms with van der Waals surface area (Å²) < 4.78 is 0. The highest BCUT2D eigenvalue weighted by molar-refractivity contribution is 7.99. The van der Waals surface area contributed by atoms with E-state index >= 15 is 0 Å². The third kappa shape index (κ3) is 4.06. The molecule has 0 spiro atoms. The number of aliphatic hydroxyl groups excluding tert-OH is 2. The van der Waals surface area contributed by atoms with Crippen molar-refractivity contribution in [2.75, 3.05) is 24.8 Å². The largest absolute Gasteiger partial charge is 0.377 e. The lowest BCUT2D eigenvalue weighted by Gasteiger charge is -2.42. The number of hydrogen-bond donors (Lipinski definition) is 2. The second-order valence-electron chi connectivity index (χ2n) is 5.29. The van der Waals surface area contributed by atoms with Crippen LogP contribution < -0.4 is 0 Å². The van der Waals surface area contributed by atoms with Gasteiger partial charge in [-0.2, -0.15) is 5.06 Å². The molecule has 0 aromatic carbocycles. The highest BCUT2D eigenvalue weighted by Gasteiger charge is 2.38. The lowest BCUT2D eigenvalue weighted by Crippen LogP contribution is -2.56. The Labute approximate surface area is 119 Å². The van der Waals surface area contributed by atoms with E-state index in [2.05, 4.69) is 11.8 Å². The van der Waals surface area contributed by atoms with Gasteiger partial charge in [-0.1, -0.05) is 13.3 Å². The zero-order valence-electron chi connectivity index (χ0n) is 11.7. The van der Waals surface area contributed by atoms with Crippen LogP contribution in [0.3, 0.4) is 0 Å². The summed E-state index contributed by atoms with van der Waals surface area (Å²) in [5.74, 6) is 1.94. The third-order valence-corrected chi connectivity index (χ3v) is 4.80. The molecule has 0 aliphatic carbocycles. The molecule has 0 bridgehead atoms.